The van der Waals surface area contributed by atoms with Crippen LogP contribution in [0.25, 0.3) is 0 Å². The zero-order valence-corrected chi connectivity index (χ0v) is 11.1. The van der Waals surface area contributed by atoms with Gasteiger partial charge in [-0.25, -0.2) is 4.79 Å². The number of benzene rings is 1. The number of rotatable bonds is 3. The largest absolute Gasteiger partial charge is 0.325 e. The minimum atomic E-state index is -0.720. The maximum absolute atomic E-state index is 11.6. The van der Waals surface area contributed by atoms with Crippen LogP contribution in [-0.4, -0.2) is 40.3 Å². The Labute approximate surface area is 118 Å². The molecule has 0 aliphatic carbocycles. The first-order valence-electron chi connectivity index (χ1n) is 5.69. The third kappa shape index (κ3) is 3.58. The van der Waals surface area contributed by atoms with E-state index >= 15 is 0 Å². The summed E-state index contributed by atoms with van der Waals surface area (Å²) in [5.41, 5.74) is 0.529. The van der Waals surface area contributed by atoms with Gasteiger partial charge in [0.2, 0.25) is 11.8 Å². The lowest BCUT2D eigenvalue weighted by Gasteiger charge is -2.12. The lowest BCUT2D eigenvalue weighted by Crippen LogP contribution is -2.43. The van der Waals surface area contributed by atoms with Crippen LogP contribution < -0.4 is 10.6 Å². The molecule has 0 aromatic heterocycles. The van der Waals surface area contributed by atoms with Crippen molar-refractivity contribution in [3.8, 4) is 0 Å². The number of imide groups is 2. The van der Waals surface area contributed by atoms with Gasteiger partial charge in [-0.2, -0.15) is 0 Å². The van der Waals surface area contributed by atoms with Gasteiger partial charge in [-0.15, -0.1) is 0 Å². The van der Waals surface area contributed by atoms with E-state index in [4.69, 9.17) is 0 Å². The molecule has 0 saturated carbocycles. The van der Waals surface area contributed by atoms with Crippen LogP contribution in [0.3, 0.4) is 0 Å². The standard InChI is InChI=1S/C12H11N3O4S/c16-9(6-15-10(17)7-20-12(15)19)14-11(18)13-8-4-2-1-3-5-8/h1-5H,6-7H2,(H2,13,14,16,18). The zero-order chi connectivity index (χ0) is 14.5. The number of hydrogen-bond acceptors (Lipinski definition) is 5. The number of urea groups is 1. The SMILES string of the molecule is O=C(CN1C(=O)CSC1=O)NC(=O)Nc1ccccc1. The number of carbonyl (C=O) groups excluding carboxylic acids is 4. The monoisotopic (exact) mass is 293 g/mol. The van der Waals surface area contributed by atoms with Crippen molar-refractivity contribution >= 4 is 40.5 Å². The molecule has 1 aliphatic heterocycles. The Morgan fingerprint density at radius 2 is 1.90 bits per heavy atom. The fraction of sp³-hybridized carbons (Fsp3) is 0.167. The normalized spacial score (nSPS) is 14.3. The smallest absolute Gasteiger partial charge is 0.308 e. The molecule has 0 atom stereocenters. The van der Waals surface area contributed by atoms with Crippen molar-refractivity contribution in [2.75, 3.05) is 17.6 Å². The molecular formula is C12H11N3O4S. The molecule has 0 radical (unpaired) electrons. The van der Waals surface area contributed by atoms with E-state index in [1.165, 1.54) is 0 Å². The third-order valence-electron chi connectivity index (χ3n) is 2.43. The van der Waals surface area contributed by atoms with Gasteiger partial charge in [-0.1, -0.05) is 30.0 Å². The molecule has 0 spiro atoms. The molecule has 5 amide bonds. The average Bonchev–Trinajstić information content (AvgIpc) is 2.71. The second-order valence-corrected chi connectivity index (χ2v) is 4.83. The van der Waals surface area contributed by atoms with Crippen LogP contribution >= 0.6 is 11.8 Å². The summed E-state index contributed by atoms with van der Waals surface area (Å²) >= 11 is 0.834. The van der Waals surface area contributed by atoms with Crippen LogP contribution in [0.5, 0.6) is 0 Å². The third-order valence-corrected chi connectivity index (χ3v) is 3.29. The van der Waals surface area contributed by atoms with Crippen LogP contribution in [0.2, 0.25) is 0 Å². The van der Waals surface area contributed by atoms with Gasteiger partial charge in [-0.05, 0) is 12.1 Å². The molecule has 104 valence electrons. The second-order valence-electron chi connectivity index (χ2n) is 3.90. The summed E-state index contributed by atoms with van der Waals surface area (Å²) in [5.74, 6) is -1.12. The Hall–Kier alpha value is -2.35. The minimum Gasteiger partial charge on any atom is -0.308 e. The molecule has 8 heteroatoms. The number of carbonyl (C=O) groups is 4. The van der Waals surface area contributed by atoms with Crippen LogP contribution in [0, 0.1) is 0 Å². The van der Waals surface area contributed by atoms with Crippen LogP contribution in [-0.2, 0) is 9.59 Å². The van der Waals surface area contributed by atoms with Gasteiger partial charge in [0.1, 0.15) is 6.54 Å². The summed E-state index contributed by atoms with van der Waals surface area (Å²) in [7, 11) is 0. The summed E-state index contributed by atoms with van der Waals surface area (Å²) in [6.45, 7) is -0.452. The predicted octanol–water partition coefficient (Wildman–Crippen LogP) is 1.03. The van der Waals surface area contributed by atoms with Crippen molar-refractivity contribution in [3.63, 3.8) is 0 Å². The van der Waals surface area contributed by atoms with Crippen molar-refractivity contribution in [2.45, 2.75) is 0 Å². The van der Waals surface area contributed by atoms with E-state index in [2.05, 4.69) is 10.6 Å². The summed E-state index contributed by atoms with van der Waals surface area (Å²) in [6, 6.07) is 7.86. The van der Waals surface area contributed by atoms with E-state index in [1.807, 2.05) is 0 Å². The van der Waals surface area contributed by atoms with Crippen molar-refractivity contribution in [2.24, 2.45) is 0 Å². The number of nitrogens with zero attached hydrogens (tertiary/aromatic N) is 1. The minimum absolute atomic E-state index is 0.0301. The summed E-state index contributed by atoms with van der Waals surface area (Å²) in [6.07, 6.45) is 0. The van der Waals surface area contributed by atoms with Crippen LogP contribution in [0.4, 0.5) is 15.3 Å². The molecular weight excluding hydrogens is 282 g/mol. The fourth-order valence-corrected chi connectivity index (χ4v) is 2.25. The number of hydrogen-bond donors (Lipinski definition) is 2. The number of nitrogens with one attached hydrogen (secondary N) is 2. The first kappa shape index (κ1) is 14.1. The highest BCUT2D eigenvalue weighted by Crippen LogP contribution is 2.17. The lowest BCUT2D eigenvalue weighted by atomic mass is 10.3. The Morgan fingerprint density at radius 3 is 2.50 bits per heavy atom. The lowest BCUT2D eigenvalue weighted by molar-refractivity contribution is -0.130. The highest BCUT2D eigenvalue weighted by atomic mass is 32.2. The topological polar surface area (TPSA) is 95.6 Å². The van der Waals surface area contributed by atoms with Crippen molar-refractivity contribution < 1.29 is 19.2 Å². The highest BCUT2D eigenvalue weighted by molar-refractivity contribution is 8.14. The Kier molecular flexibility index (Phi) is 4.36. The Bertz CT molecular complexity index is 545. The predicted molar refractivity (Wildman–Crippen MR) is 73.2 cm³/mol. The maximum atomic E-state index is 11.6. The van der Waals surface area contributed by atoms with Gasteiger partial charge in [0, 0.05) is 5.69 Å². The molecule has 7 nitrogen and oxygen atoms in total. The number of amides is 5. The van der Waals surface area contributed by atoms with Gasteiger partial charge in [0.15, 0.2) is 0 Å². The molecule has 20 heavy (non-hydrogen) atoms. The highest BCUT2D eigenvalue weighted by Gasteiger charge is 2.31. The van der Waals surface area contributed by atoms with Crippen LogP contribution in [0.15, 0.2) is 30.3 Å². The Balaban J connectivity index is 1.84. The molecule has 0 unspecified atom stereocenters. The number of anilines is 1. The molecule has 0 bridgehead atoms. The number of thioether (sulfide) groups is 1. The fourth-order valence-electron chi connectivity index (χ4n) is 1.53. The van der Waals surface area contributed by atoms with E-state index in [-0.39, 0.29) is 5.75 Å². The zero-order valence-electron chi connectivity index (χ0n) is 10.3. The molecule has 1 fully saturated rings. The van der Waals surface area contributed by atoms with Gasteiger partial charge in [0.25, 0.3) is 5.24 Å². The first-order chi connectivity index (χ1) is 9.56. The number of para-hydroxylation sites is 1. The molecule has 1 heterocycles. The maximum Gasteiger partial charge on any atom is 0.325 e. The van der Waals surface area contributed by atoms with Crippen molar-refractivity contribution in [1.82, 2.24) is 10.2 Å². The van der Waals surface area contributed by atoms with Gasteiger partial charge in [-0.3, -0.25) is 24.6 Å². The van der Waals surface area contributed by atoms with Crippen molar-refractivity contribution in [1.29, 1.82) is 0 Å². The molecule has 2 rings (SSSR count). The van der Waals surface area contributed by atoms with Gasteiger partial charge < -0.3 is 5.32 Å². The first-order valence-corrected chi connectivity index (χ1v) is 6.68. The summed E-state index contributed by atoms with van der Waals surface area (Å²) < 4.78 is 0. The van der Waals surface area contributed by atoms with E-state index in [1.54, 1.807) is 30.3 Å². The molecule has 1 aromatic rings. The average molecular weight is 293 g/mol. The van der Waals surface area contributed by atoms with E-state index in [0.717, 1.165) is 16.7 Å². The van der Waals surface area contributed by atoms with Crippen molar-refractivity contribution in [3.05, 3.63) is 30.3 Å². The van der Waals surface area contributed by atoms with E-state index < -0.39 is 29.6 Å². The Morgan fingerprint density at radius 1 is 1.20 bits per heavy atom. The quantitative estimate of drug-likeness (QED) is 0.867. The van der Waals surface area contributed by atoms with E-state index in [0.29, 0.717) is 5.69 Å². The molecule has 1 saturated heterocycles. The van der Waals surface area contributed by atoms with Crippen LogP contribution in [0.1, 0.15) is 0 Å². The van der Waals surface area contributed by atoms with E-state index in [9.17, 15) is 19.2 Å². The van der Waals surface area contributed by atoms with Gasteiger partial charge >= 0.3 is 6.03 Å². The molecule has 1 aromatic carbocycles. The molecule has 2 N–H and O–H groups in total. The summed E-state index contributed by atoms with van der Waals surface area (Å²) in [4.78, 5) is 46.5. The summed E-state index contributed by atoms with van der Waals surface area (Å²) in [5, 5.41) is 4.03. The second kappa shape index (κ2) is 6.20. The van der Waals surface area contributed by atoms with Gasteiger partial charge in [0.05, 0.1) is 5.75 Å². The molecule has 1 aliphatic rings.